The Morgan fingerprint density at radius 3 is 2.50 bits per heavy atom. The third kappa shape index (κ3) is 3.17. The highest BCUT2D eigenvalue weighted by Crippen LogP contribution is 2.37. The zero-order valence-electron chi connectivity index (χ0n) is 11.3. The predicted molar refractivity (Wildman–Crippen MR) is 71.3 cm³/mol. The molecule has 2 aliphatic carbocycles. The van der Waals surface area contributed by atoms with E-state index in [-0.39, 0.29) is 43.5 Å². The number of hydrogen-bond donors (Lipinski definition) is 0. The van der Waals surface area contributed by atoms with E-state index in [0.29, 0.717) is 11.3 Å². The molecule has 2 aliphatic rings. The SMILES string of the molecule is O=C(c1cccc(OC2CC2)c1)C1CCC(F)(F)CC1. The van der Waals surface area contributed by atoms with Crippen molar-refractivity contribution in [2.24, 2.45) is 5.92 Å². The molecule has 1 aromatic carbocycles. The smallest absolute Gasteiger partial charge is 0.248 e. The van der Waals surface area contributed by atoms with Crippen molar-refractivity contribution >= 4 is 5.78 Å². The van der Waals surface area contributed by atoms with E-state index in [1.165, 1.54) is 0 Å². The molecule has 0 aromatic heterocycles. The molecular formula is C16H18F2O2. The largest absolute Gasteiger partial charge is 0.490 e. The molecule has 0 radical (unpaired) electrons. The van der Waals surface area contributed by atoms with Gasteiger partial charge >= 0.3 is 0 Å². The molecular weight excluding hydrogens is 262 g/mol. The summed E-state index contributed by atoms with van der Waals surface area (Å²) in [6, 6.07) is 7.12. The Kier molecular flexibility index (Phi) is 3.48. The molecule has 0 spiro atoms. The molecule has 1 aromatic rings. The first-order valence-corrected chi connectivity index (χ1v) is 7.22. The molecule has 0 bridgehead atoms. The van der Waals surface area contributed by atoms with E-state index < -0.39 is 5.92 Å². The first-order valence-electron chi connectivity index (χ1n) is 7.22. The van der Waals surface area contributed by atoms with Gasteiger partial charge in [0, 0.05) is 24.3 Å². The Labute approximate surface area is 117 Å². The van der Waals surface area contributed by atoms with E-state index in [1.807, 2.05) is 6.07 Å². The second-order valence-electron chi connectivity index (χ2n) is 5.84. The summed E-state index contributed by atoms with van der Waals surface area (Å²) in [6.45, 7) is 0. The third-order valence-corrected chi connectivity index (χ3v) is 4.03. The predicted octanol–water partition coefficient (Wildman–Crippen LogP) is 4.24. The van der Waals surface area contributed by atoms with Crippen LogP contribution in [0.25, 0.3) is 0 Å². The molecule has 4 heteroatoms. The topological polar surface area (TPSA) is 26.3 Å². The maximum absolute atomic E-state index is 13.1. The first kappa shape index (κ1) is 13.5. The summed E-state index contributed by atoms with van der Waals surface area (Å²) in [5.41, 5.74) is 0.582. The highest BCUT2D eigenvalue weighted by molar-refractivity contribution is 5.98. The number of carbonyl (C=O) groups excluding carboxylic acids is 1. The van der Waals surface area contributed by atoms with E-state index in [0.717, 1.165) is 12.8 Å². The van der Waals surface area contributed by atoms with Crippen molar-refractivity contribution in [1.29, 1.82) is 0 Å². The fourth-order valence-corrected chi connectivity index (χ4v) is 2.64. The quantitative estimate of drug-likeness (QED) is 0.771. The molecule has 2 nitrogen and oxygen atoms in total. The van der Waals surface area contributed by atoms with Gasteiger partial charge < -0.3 is 4.74 Å². The summed E-state index contributed by atoms with van der Waals surface area (Å²) in [6.07, 6.45) is 2.61. The highest BCUT2D eigenvalue weighted by Gasteiger charge is 2.37. The van der Waals surface area contributed by atoms with Crippen LogP contribution in [0.1, 0.15) is 48.9 Å². The number of hydrogen-bond acceptors (Lipinski definition) is 2. The molecule has 3 rings (SSSR count). The second-order valence-corrected chi connectivity index (χ2v) is 5.84. The lowest BCUT2D eigenvalue weighted by atomic mass is 9.82. The van der Waals surface area contributed by atoms with E-state index in [1.54, 1.807) is 18.2 Å². The van der Waals surface area contributed by atoms with Gasteiger partial charge in [-0.25, -0.2) is 8.78 Å². The van der Waals surface area contributed by atoms with Crippen molar-refractivity contribution in [2.45, 2.75) is 50.6 Å². The van der Waals surface area contributed by atoms with Crippen LogP contribution >= 0.6 is 0 Å². The molecule has 0 amide bonds. The minimum absolute atomic E-state index is 0.0262. The van der Waals surface area contributed by atoms with Gasteiger partial charge in [-0.05, 0) is 37.8 Å². The number of ether oxygens (including phenoxy) is 1. The van der Waals surface area contributed by atoms with Crippen LogP contribution in [-0.4, -0.2) is 17.8 Å². The van der Waals surface area contributed by atoms with Gasteiger partial charge in [0.05, 0.1) is 6.10 Å². The van der Waals surface area contributed by atoms with Crippen LogP contribution in [-0.2, 0) is 0 Å². The van der Waals surface area contributed by atoms with Crippen LogP contribution in [0.15, 0.2) is 24.3 Å². The van der Waals surface area contributed by atoms with Crippen LogP contribution in [0.5, 0.6) is 5.75 Å². The van der Waals surface area contributed by atoms with Crippen LogP contribution in [0, 0.1) is 5.92 Å². The zero-order chi connectivity index (χ0) is 14.2. The summed E-state index contributed by atoms with van der Waals surface area (Å²) >= 11 is 0. The van der Waals surface area contributed by atoms with Crippen molar-refractivity contribution in [3.8, 4) is 5.75 Å². The molecule has 20 heavy (non-hydrogen) atoms. The fraction of sp³-hybridized carbons (Fsp3) is 0.562. The minimum atomic E-state index is -2.59. The first-order chi connectivity index (χ1) is 9.53. The van der Waals surface area contributed by atoms with Gasteiger partial charge in [-0.15, -0.1) is 0 Å². The van der Waals surface area contributed by atoms with Crippen LogP contribution in [0.2, 0.25) is 0 Å². The average molecular weight is 280 g/mol. The van der Waals surface area contributed by atoms with Gasteiger partial charge in [0.2, 0.25) is 5.92 Å². The molecule has 0 heterocycles. The maximum Gasteiger partial charge on any atom is 0.248 e. The lowest BCUT2D eigenvalue weighted by Crippen LogP contribution is -2.28. The fourth-order valence-electron chi connectivity index (χ4n) is 2.64. The van der Waals surface area contributed by atoms with Crippen molar-refractivity contribution in [2.75, 3.05) is 0 Å². The standard InChI is InChI=1S/C16H18F2O2/c17-16(18)8-6-11(7-9-16)15(19)12-2-1-3-14(10-12)20-13-4-5-13/h1-3,10-11,13H,4-9H2. The molecule has 2 saturated carbocycles. The highest BCUT2D eigenvalue weighted by atomic mass is 19.3. The molecule has 0 atom stereocenters. The van der Waals surface area contributed by atoms with Gasteiger partial charge in [-0.2, -0.15) is 0 Å². The Balaban J connectivity index is 1.67. The van der Waals surface area contributed by atoms with Crippen molar-refractivity contribution in [3.05, 3.63) is 29.8 Å². The Hall–Kier alpha value is -1.45. The molecule has 108 valence electrons. The average Bonchev–Trinajstić information content (AvgIpc) is 3.22. The van der Waals surface area contributed by atoms with E-state index in [4.69, 9.17) is 4.74 Å². The van der Waals surface area contributed by atoms with E-state index in [9.17, 15) is 13.6 Å². The molecule has 0 saturated heterocycles. The summed E-state index contributed by atoms with van der Waals surface area (Å²) in [5, 5.41) is 0. The van der Waals surface area contributed by atoms with Crippen LogP contribution in [0.4, 0.5) is 8.78 Å². The molecule has 0 unspecified atom stereocenters. The van der Waals surface area contributed by atoms with Gasteiger partial charge in [-0.3, -0.25) is 4.79 Å². The Morgan fingerprint density at radius 1 is 1.15 bits per heavy atom. The lowest BCUT2D eigenvalue weighted by Gasteiger charge is -2.27. The van der Waals surface area contributed by atoms with Gasteiger partial charge in [0.1, 0.15) is 5.75 Å². The number of alkyl halides is 2. The Bertz CT molecular complexity index is 499. The van der Waals surface area contributed by atoms with Crippen molar-refractivity contribution in [1.82, 2.24) is 0 Å². The van der Waals surface area contributed by atoms with Crippen molar-refractivity contribution < 1.29 is 18.3 Å². The van der Waals surface area contributed by atoms with Crippen LogP contribution < -0.4 is 4.74 Å². The third-order valence-electron chi connectivity index (χ3n) is 4.03. The summed E-state index contributed by atoms with van der Waals surface area (Å²) < 4.78 is 31.9. The van der Waals surface area contributed by atoms with Gasteiger partial charge in [-0.1, -0.05) is 12.1 Å². The van der Waals surface area contributed by atoms with Gasteiger partial charge in [0.25, 0.3) is 0 Å². The van der Waals surface area contributed by atoms with E-state index in [2.05, 4.69) is 0 Å². The minimum Gasteiger partial charge on any atom is -0.490 e. The molecule has 0 aliphatic heterocycles. The number of carbonyl (C=O) groups is 1. The molecule has 2 fully saturated rings. The van der Waals surface area contributed by atoms with Crippen molar-refractivity contribution in [3.63, 3.8) is 0 Å². The second kappa shape index (κ2) is 5.15. The zero-order valence-corrected chi connectivity index (χ0v) is 11.3. The number of ketones is 1. The lowest BCUT2D eigenvalue weighted by molar-refractivity contribution is -0.0424. The van der Waals surface area contributed by atoms with Gasteiger partial charge in [0.15, 0.2) is 5.78 Å². The Morgan fingerprint density at radius 2 is 1.85 bits per heavy atom. The summed E-state index contributed by atoms with van der Waals surface area (Å²) in [4.78, 5) is 12.4. The van der Waals surface area contributed by atoms with Crippen LogP contribution in [0.3, 0.4) is 0 Å². The molecule has 0 N–H and O–H groups in total. The number of halogens is 2. The number of benzene rings is 1. The number of rotatable bonds is 4. The maximum atomic E-state index is 13.1. The van der Waals surface area contributed by atoms with E-state index >= 15 is 0 Å². The summed E-state index contributed by atoms with van der Waals surface area (Å²) in [7, 11) is 0. The number of Topliss-reactive ketones (excluding diaryl/α,β-unsaturated/α-hetero) is 1. The normalized spacial score (nSPS) is 22.5. The monoisotopic (exact) mass is 280 g/mol. The summed E-state index contributed by atoms with van der Waals surface area (Å²) in [5.74, 6) is -2.18.